The Morgan fingerprint density at radius 1 is 1.56 bits per heavy atom. The Morgan fingerprint density at radius 3 is 2.69 bits per heavy atom. The quantitative estimate of drug-likeness (QED) is 0.671. The predicted octanol–water partition coefficient (Wildman–Crippen LogP) is 0.331. The topological polar surface area (TPSA) is 106 Å². The monoisotopic (exact) mass is 226 g/mol. The zero-order chi connectivity index (χ0) is 12.3. The molecule has 4 N–H and O–H groups in total. The molecule has 0 atom stereocenters. The Bertz CT molecular complexity index is 409. The normalized spacial score (nSPS) is 11.4. The number of carboxylic acid groups (broad SMARTS) is 1. The third-order valence-electron chi connectivity index (χ3n) is 2.28. The lowest BCUT2D eigenvalue weighted by atomic mass is 10.0. The SMILES string of the molecule is CC(C)(NCc1ccoc1C(=O)O)C(N)=O. The van der Waals surface area contributed by atoms with Crippen molar-refractivity contribution in [3.05, 3.63) is 23.7 Å². The summed E-state index contributed by atoms with van der Waals surface area (Å²) in [6.45, 7) is 3.44. The van der Waals surface area contributed by atoms with Crippen LogP contribution in [-0.4, -0.2) is 22.5 Å². The highest BCUT2D eigenvalue weighted by molar-refractivity contribution is 5.86. The van der Waals surface area contributed by atoms with Crippen molar-refractivity contribution in [2.24, 2.45) is 5.73 Å². The van der Waals surface area contributed by atoms with Gasteiger partial charge in [-0.05, 0) is 19.9 Å². The Balaban J connectivity index is 2.72. The van der Waals surface area contributed by atoms with Crippen LogP contribution in [0.5, 0.6) is 0 Å². The number of carboxylic acids is 1. The molecule has 16 heavy (non-hydrogen) atoms. The molecule has 1 rings (SSSR count). The first-order valence-corrected chi connectivity index (χ1v) is 4.69. The Morgan fingerprint density at radius 2 is 2.19 bits per heavy atom. The van der Waals surface area contributed by atoms with E-state index in [2.05, 4.69) is 5.32 Å². The minimum atomic E-state index is -1.14. The first-order chi connectivity index (χ1) is 7.34. The number of furan rings is 1. The van der Waals surface area contributed by atoms with Crippen LogP contribution in [0.1, 0.15) is 30.0 Å². The summed E-state index contributed by atoms with van der Waals surface area (Å²) in [6.07, 6.45) is 1.29. The summed E-state index contributed by atoms with van der Waals surface area (Å²) in [5.74, 6) is -1.78. The van der Waals surface area contributed by atoms with Crippen LogP contribution in [0.25, 0.3) is 0 Å². The molecule has 0 saturated heterocycles. The van der Waals surface area contributed by atoms with Gasteiger partial charge in [-0.1, -0.05) is 0 Å². The number of nitrogens with one attached hydrogen (secondary N) is 1. The number of amides is 1. The van der Waals surface area contributed by atoms with E-state index in [1.807, 2.05) is 0 Å². The Kier molecular flexibility index (Phi) is 3.34. The van der Waals surface area contributed by atoms with Gasteiger partial charge in [-0.2, -0.15) is 0 Å². The van der Waals surface area contributed by atoms with Crippen molar-refractivity contribution >= 4 is 11.9 Å². The third-order valence-corrected chi connectivity index (χ3v) is 2.28. The third kappa shape index (κ3) is 2.60. The molecular formula is C10H14N2O4. The standard InChI is InChI=1S/C10H14N2O4/c1-10(2,9(11)15)12-5-6-3-4-16-7(6)8(13)14/h3-4,12H,5H2,1-2H3,(H2,11,15)(H,13,14). The van der Waals surface area contributed by atoms with E-state index in [-0.39, 0.29) is 12.3 Å². The molecule has 1 amide bonds. The summed E-state index contributed by atoms with van der Waals surface area (Å²) in [5, 5.41) is 11.6. The molecule has 0 bridgehead atoms. The molecule has 0 radical (unpaired) electrons. The van der Waals surface area contributed by atoms with Crippen LogP contribution in [0, 0.1) is 0 Å². The lowest BCUT2D eigenvalue weighted by molar-refractivity contribution is -0.123. The molecule has 1 aromatic heterocycles. The minimum Gasteiger partial charge on any atom is -0.475 e. The van der Waals surface area contributed by atoms with Crippen LogP contribution in [-0.2, 0) is 11.3 Å². The molecule has 0 unspecified atom stereocenters. The number of aromatic carboxylic acids is 1. The van der Waals surface area contributed by atoms with E-state index >= 15 is 0 Å². The highest BCUT2D eigenvalue weighted by atomic mass is 16.4. The highest BCUT2D eigenvalue weighted by Crippen LogP contribution is 2.12. The number of nitrogens with two attached hydrogens (primary N) is 1. The van der Waals surface area contributed by atoms with E-state index in [0.29, 0.717) is 5.56 Å². The van der Waals surface area contributed by atoms with Gasteiger partial charge in [0, 0.05) is 12.1 Å². The maximum absolute atomic E-state index is 11.0. The van der Waals surface area contributed by atoms with Crippen LogP contribution in [0.3, 0.4) is 0 Å². The van der Waals surface area contributed by atoms with Crippen LogP contribution in [0.15, 0.2) is 16.7 Å². The predicted molar refractivity (Wildman–Crippen MR) is 55.8 cm³/mol. The van der Waals surface area contributed by atoms with Gasteiger partial charge in [0.1, 0.15) is 0 Å². The van der Waals surface area contributed by atoms with Gasteiger partial charge in [0.05, 0.1) is 11.8 Å². The summed E-state index contributed by atoms with van der Waals surface area (Å²) < 4.78 is 4.80. The summed E-state index contributed by atoms with van der Waals surface area (Å²) >= 11 is 0. The van der Waals surface area contributed by atoms with Crippen molar-refractivity contribution < 1.29 is 19.1 Å². The van der Waals surface area contributed by atoms with E-state index in [0.717, 1.165) is 0 Å². The molecule has 0 aromatic carbocycles. The van der Waals surface area contributed by atoms with Crippen molar-refractivity contribution in [2.75, 3.05) is 0 Å². The Labute approximate surface area is 92.4 Å². The van der Waals surface area contributed by atoms with Gasteiger partial charge in [0.25, 0.3) is 0 Å². The number of carbonyl (C=O) groups excluding carboxylic acids is 1. The van der Waals surface area contributed by atoms with Gasteiger partial charge in [-0.25, -0.2) is 4.79 Å². The molecule has 1 heterocycles. The summed E-state index contributed by atoms with van der Waals surface area (Å²) in [6, 6.07) is 1.54. The number of primary amides is 1. The van der Waals surface area contributed by atoms with E-state index < -0.39 is 17.4 Å². The average molecular weight is 226 g/mol. The van der Waals surface area contributed by atoms with Crippen molar-refractivity contribution in [1.29, 1.82) is 0 Å². The summed E-state index contributed by atoms with van der Waals surface area (Å²) in [4.78, 5) is 21.7. The first-order valence-electron chi connectivity index (χ1n) is 4.69. The second-order valence-corrected chi connectivity index (χ2v) is 3.92. The van der Waals surface area contributed by atoms with Gasteiger partial charge in [0.15, 0.2) is 0 Å². The van der Waals surface area contributed by atoms with Crippen LogP contribution in [0.2, 0.25) is 0 Å². The summed E-state index contributed by atoms with van der Waals surface area (Å²) in [5.41, 5.74) is 4.74. The van der Waals surface area contributed by atoms with Crippen molar-refractivity contribution in [3.63, 3.8) is 0 Å². The maximum Gasteiger partial charge on any atom is 0.372 e. The van der Waals surface area contributed by atoms with Gasteiger partial charge in [-0.3, -0.25) is 10.1 Å². The number of hydrogen-bond acceptors (Lipinski definition) is 4. The molecule has 6 nitrogen and oxygen atoms in total. The number of hydrogen-bond donors (Lipinski definition) is 3. The van der Waals surface area contributed by atoms with Gasteiger partial charge in [-0.15, -0.1) is 0 Å². The maximum atomic E-state index is 11.0. The van der Waals surface area contributed by atoms with Crippen LogP contribution in [0.4, 0.5) is 0 Å². The molecular weight excluding hydrogens is 212 g/mol. The fraction of sp³-hybridized carbons (Fsp3) is 0.400. The largest absolute Gasteiger partial charge is 0.475 e. The molecule has 0 fully saturated rings. The fourth-order valence-corrected chi connectivity index (χ4v) is 1.07. The van der Waals surface area contributed by atoms with E-state index in [4.69, 9.17) is 15.3 Å². The molecule has 6 heteroatoms. The van der Waals surface area contributed by atoms with Crippen molar-refractivity contribution in [3.8, 4) is 0 Å². The zero-order valence-corrected chi connectivity index (χ0v) is 9.11. The first kappa shape index (κ1) is 12.3. The molecule has 0 aliphatic rings. The second-order valence-electron chi connectivity index (χ2n) is 3.92. The van der Waals surface area contributed by atoms with Gasteiger partial charge in [0.2, 0.25) is 11.7 Å². The van der Waals surface area contributed by atoms with Crippen molar-refractivity contribution in [2.45, 2.75) is 25.9 Å². The molecule has 0 saturated carbocycles. The lowest BCUT2D eigenvalue weighted by Gasteiger charge is -2.21. The molecule has 1 aromatic rings. The molecule has 0 aliphatic heterocycles. The lowest BCUT2D eigenvalue weighted by Crippen LogP contribution is -2.50. The van der Waals surface area contributed by atoms with Crippen LogP contribution >= 0.6 is 0 Å². The number of carbonyl (C=O) groups is 2. The summed E-state index contributed by atoms with van der Waals surface area (Å²) in [7, 11) is 0. The fourth-order valence-electron chi connectivity index (χ4n) is 1.07. The highest BCUT2D eigenvalue weighted by Gasteiger charge is 2.25. The van der Waals surface area contributed by atoms with Gasteiger partial charge >= 0.3 is 5.97 Å². The van der Waals surface area contributed by atoms with Gasteiger partial charge < -0.3 is 15.3 Å². The number of rotatable bonds is 5. The van der Waals surface area contributed by atoms with E-state index in [1.54, 1.807) is 13.8 Å². The zero-order valence-electron chi connectivity index (χ0n) is 9.11. The van der Waals surface area contributed by atoms with E-state index in [9.17, 15) is 9.59 Å². The Hall–Kier alpha value is -1.82. The second kappa shape index (κ2) is 4.36. The molecule has 88 valence electrons. The van der Waals surface area contributed by atoms with Crippen molar-refractivity contribution in [1.82, 2.24) is 5.32 Å². The van der Waals surface area contributed by atoms with Crippen LogP contribution < -0.4 is 11.1 Å². The minimum absolute atomic E-state index is 0.132. The molecule has 0 spiro atoms. The van der Waals surface area contributed by atoms with E-state index in [1.165, 1.54) is 12.3 Å². The smallest absolute Gasteiger partial charge is 0.372 e. The molecule has 0 aliphatic carbocycles. The average Bonchev–Trinajstić information content (AvgIpc) is 2.62.